The molecule has 2 unspecified atom stereocenters. The first-order valence-corrected chi connectivity index (χ1v) is 4.75. The maximum atomic E-state index is 11.1. The highest BCUT2D eigenvalue weighted by Crippen LogP contribution is 2.40. The molecule has 2 N–H and O–H groups in total. The lowest BCUT2D eigenvalue weighted by Crippen LogP contribution is -2.47. The highest BCUT2D eigenvalue weighted by atomic mass is 16.5. The standard InChI is InChI=1S/C11H12O4/c1-7-6-15-9-5-3-2-4-8(9)11(7,14)10(12)13/h2-5,7,14H,6H2,1H3,(H,12,13). The van der Waals surface area contributed by atoms with Gasteiger partial charge in [0.05, 0.1) is 6.61 Å². The highest BCUT2D eigenvalue weighted by molar-refractivity contribution is 5.81. The Bertz CT molecular complexity index is 401. The van der Waals surface area contributed by atoms with Crippen molar-refractivity contribution in [1.29, 1.82) is 0 Å². The van der Waals surface area contributed by atoms with Crippen LogP contribution in [-0.2, 0) is 10.4 Å². The molecular weight excluding hydrogens is 196 g/mol. The summed E-state index contributed by atoms with van der Waals surface area (Å²) in [5, 5.41) is 19.3. The van der Waals surface area contributed by atoms with Crippen LogP contribution in [0.5, 0.6) is 5.75 Å². The van der Waals surface area contributed by atoms with Crippen molar-refractivity contribution in [1.82, 2.24) is 0 Å². The van der Waals surface area contributed by atoms with Crippen molar-refractivity contribution in [2.24, 2.45) is 5.92 Å². The number of carboxylic acid groups (broad SMARTS) is 1. The summed E-state index contributed by atoms with van der Waals surface area (Å²) < 4.78 is 5.36. The van der Waals surface area contributed by atoms with E-state index in [1.165, 1.54) is 0 Å². The normalized spacial score (nSPS) is 29.1. The van der Waals surface area contributed by atoms with Gasteiger partial charge in [-0.15, -0.1) is 0 Å². The molecule has 1 aromatic rings. The van der Waals surface area contributed by atoms with Gasteiger partial charge >= 0.3 is 5.97 Å². The van der Waals surface area contributed by atoms with Crippen LogP contribution in [-0.4, -0.2) is 22.8 Å². The molecule has 4 heteroatoms. The number of hydrogen-bond donors (Lipinski definition) is 2. The smallest absolute Gasteiger partial charge is 0.340 e. The van der Waals surface area contributed by atoms with E-state index in [-0.39, 0.29) is 6.61 Å². The molecule has 0 aliphatic carbocycles. The zero-order valence-electron chi connectivity index (χ0n) is 8.30. The van der Waals surface area contributed by atoms with Crippen molar-refractivity contribution in [2.45, 2.75) is 12.5 Å². The quantitative estimate of drug-likeness (QED) is 0.722. The second-order valence-electron chi connectivity index (χ2n) is 3.78. The third-order valence-corrected chi connectivity index (χ3v) is 2.83. The first kappa shape index (κ1) is 9.98. The van der Waals surface area contributed by atoms with E-state index < -0.39 is 17.5 Å². The SMILES string of the molecule is CC1COc2ccccc2C1(O)C(=O)O. The fraction of sp³-hybridized carbons (Fsp3) is 0.364. The van der Waals surface area contributed by atoms with E-state index >= 15 is 0 Å². The topological polar surface area (TPSA) is 66.8 Å². The van der Waals surface area contributed by atoms with Crippen molar-refractivity contribution in [2.75, 3.05) is 6.61 Å². The Morgan fingerprint density at radius 3 is 2.87 bits per heavy atom. The van der Waals surface area contributed by atoms with Gasteiger partial charge in [0.25, 0.3) is 0 Å². The highest BCUT2D eigenvalue weighted by Gasteiger charge is 2.48. The summed E-state index contributed by atoms with van der Waals surface area (Å²) in [6.45, 7) is 1.86. The van der Waals surface area contributed by atoms with Gasteiger partial charge in [0.2, 0.25) is 0 Å². The second kappa shape index (κ2) is 3.24. The maximum absolute atomic E-state index is 11.1. The van der Waals surface area contributed by atoms with Crippen LogP contribution in [0.1, 0.15) is 12.5 Å². The lowest BCUT2D eigenvalue weighted by Gasteiger charge is -2.35. The van der Waals surface area contributed by atoms with Gasteiger partial charge < -0.3 is 14.9 Å². The van der Waals surface area contributed by atoms with Gasteiger partial charge in [-0.25, -0.2) is 4.79 Å². The van der Waals surface area contributed by atoms with Crippen LogP contribution in [0.4, 0.5) is 0 Å². The van der Waals surface area contributed by atoms with Gasteiger partial charge in [-0.3, -0.25) is 0 Å². The van der Waals surface area contributed by atoms with Crippen LogP contribution in [0.2, 0.25) is 0 Å². The molecule has 0 spiro atoms. The van der Waals surface area contributed by atoms with Crippen LogP contribution in [0, 0.1) is 5.92 Å². The van der Waals surface area contributed by atoms with Crippen LogP contribution in [0.15, 0.2) is 24.3 Å². The number of carboxylic acids is 1. The minimum Gasteiger partial charge on any atom is -0.493 e. The summed E-state index contributed by atoms with van der Waals surface area (Å²) in [4.78, 5) is 11.1. The molecular formula is C11H12O4. The molecule has 4 nitrogen and oxygen atoms in total. The average molecular weight is 208 g/mol. The van der Waals surface area contributed by atoms with Gasteiger partial charge in [0.15, 0.2) is 5.60 Å². The molecule has 1 aromatic carbocycles. The minimum atomic E-state index is -1.84. The minimum absolute atomic E-state index is 0.208. The van der Waals surface area contributed by atoms with Crippen LogP contribution < -0.4 is 4.74 Å². The van der Waals surface area contributed by atoms with Crippen molar-refractivity contribution in [3.8, 4) is 5.75 Å². The molecule has 0 fully saturated rings. The van der Waals surface area contributed by atoms with E-state index in [9.17, 15) is 9.90 Å². The molecule has 1 aliphatic rings. The molecule has 2 rings (SSSR count). The third kappa shape index (κ3) is 1.29. The molecule has 0 saturated heterocycles. The average Bonchev–Trinajstić information content (AvgIpc) is 2.23. The van der Waals surface area contributed by atoms with Gasteiger partial charge in [0.1, 0.15) is 5.75 Å². The van der Waals surface area contributed by atoms with E-state index in [0.29, 0.717) is 11.3 Å². The van der Waals surface area contributed by atoms with E-state index in [1.807, 2.05) is 0 Å². The Morgan fingerprint density at radius 1 is 1.53 bits per heavy atom. The monoisotopic (exact) mass is 208 g/mol. The number of ether oxygens (including phenoxy) is 1. The summed E-state index contributed by atoms with van der Waals surface area (Å²) >= 11 is 0. The second-order valence-corrected chi connectivity index (χ2v) is 3.78. The molecule has 1 heterocycles. The summed E-state index contributed by atoms with van der Waals surface area (Å²) in [6.07, 6.45) is 0. The number of fused-ring (bicyclic) bond motifs is 1. The predicted molar refractivity (Wildman–Crippen MR) is 52.6 cm³/mol. The van der Waals surface area contributed by atoms with E-state index in [2.05, 4.69) is 0 Å². The van der Waals surface area contributed by atoms with E-state index in [1.54, 1.807) is 31.2 Å². The van der Waals surface area contributed by atoms with Crippen molar-refractivity contribution < 1.29 is 19.7 Å². The molecule has 1 aliphatic heterocycles. The summed E-state index contributed by atoms with van der Waals surface area (Å²) in [6, 6.07) is 6.68. The fourth-order valence-electron chi connectivity index (χ4n) is 1.83. The Kier molecular flexibility index (Phi) is 2.16. The molecule has 0 amide bonds. The molecule has 0 saturated carbocycles. The summed E-state index contributed by atoms with van der Waals surface area (Å²) in [7, 11) is 0. The molecule has 0 radical (unpaired) electrons. The summed E-state index contributed by atoms with van der Waals surface area (Å²) in [5.41, 5.74) is -1.51. The van der Waals surface area contributed by atoms with E-state index in [4.69, 9.17) is 9.84 Å². The van der Waals surface area contributed by atoms with Crippen molar-refractivity contribution in [3.05, 3.63) is 29.8 Å². The van der Waals surface area contributed by atoms with Crippen molar-refractivity contribution >= 4 is 5.97 Å². The van der Waals surface area contributed by atoms with Crippen LogP contribution in [0.3, 0.4) is 0 Å². The lowest BCUT2D eigenvalue weighted by atomic mass is 9.80. The first-order valence-electron chi connectivity index (χ1n) is 4.75. The zero-order chi connectivity index (χ0) is 11.1. The number of aliphatic carboxylic acids is 1. The summed E-state index contributed by atoms with van der Waals surface area (Å²) in [5.74, 6) is -1.25. The Morgan fingerprint density at radius 2 is 2.20 bits per heavy atom. The number of aliphatic hydroxyl groups is 1. The Balaban J connectivity index is 2.60. The Labute approximate surface area is 87.1 Å². The predicted octanol–water partition coefficient (Wildman–Crippen LogP) is 0.987. The first-order chi connectivity index (χ1) is 7.06. The van der Waals surface area contributed by atoms with Crippen LogP contribution in [0.25, 0.3) is 0 Å². The third-order valence-electron chi connectivity index (χ3n) is 2.83. The van der Waals surface area contributed by atoms with E-state index in [0.717, 1.165) is 0 Å². The molecule has 80 valence electrons. The van der Waals surface area contributed by atoms with Crippen molar-refractivity contribution in [3.63, 3.8) is 0 Å². The molecule has 2 atom stereocenters. The molecule has 0 bridgehead atoms. The molecule has 15 heavy (non-hydrogen) atoms. The van der Waals surface area contributed by atoms with Crippen LogP contribution >= 0.6 is 0 Å². The maximum Gasteiger partial charge on any atom is 0.340 e. The molecule has 0 aromatic heterocycles. The van der Waals surface area contributed by atoms with Gasteiger partial charge in [-0.2, -0.15) is 0 Å². The van der Waals surface area contributed by atoms with Gasteiger partial charge in [0, 0.05) is 11.5 Å². The number of benzene rings is 1. The van der Waals surface area contributed by atoms with Gasteiger partial charge in [-0.05, 0) is 6.07 Å². The number of carbonyl (C=O) groups is 1. The largest absolute Gasteiger partial charge is 0.493 e. The zero-order valence-corrected chi connectivity index (χ0v) is 8.30. The lowest BCUT2D eigenvalue weighted by molar-refractivity contribution is -0.169. The number of rotatable bonds is 1. The number of para-hydroxylation sites is 1. The Hall–Kier alpha value is -1.55. The van der Waals surface area contributed by atoms with Gasteiger partial charge in [-0.1, -0.05) is 25.1 Å². The number of hydrogen-bond acceptors (Lipinski definition) is 3. The fourth-order valence-corrected chi connectivity index (χ4v) is 1.83.